The summed E-state index contributed by atoms with van der Waals surface area (Å²) in [5.74, 6) is 0.131. The van der Waals surface area contributed by atoms with Crippen molar-refractivity contribution in [3.63, 3.8) is 0 Å². The lowest BCUT2D eigenvalue weighted by molar-refractivity contribution is -0.124. The summed E-state index contributed by atoms with van der Waals surface area (Å²) in [6.45, 7) is 4.02. The molecule has 0 aromatic heterocycles. The third-order valence-electron chi connectivity index (χ3n) is 4.13. The molecule has 1 N–H and O–H groups in total. The van der Waals surface area contributed by atoms with Gasteiger partial charge in [0.05, 0.1) is 5.71 Å². The number of rotatable bonds is 1. The number of likely N-dealkylation sites (N-methyl/N-ethyl adjacent to an activating group) is 1. The Kier molecular flexibility index (Phi) is 2.97. The molecule has 21 heavy (non-hydrogen) atoms. The lowest BCUT2D eigenvalue weighted by atomic mass is 9.98. The number of amides is 3. The van der Waals surface area contributed by atoms with Crippen molar-refractivity contribution < 1.29 is 14.7 Å². The van der Waals surface area contributed by atoms with Crippen molar-refractivity contribution >= 4 is 17.6 Å². The van der Waals surface area contributed by atoms with Gasteiger partial charge in [0.1, 0.15) is 12.3 Å². The van der Waals surface area contributed by atoms with Crippen LogP contribution in [0.1, 0.15) is 36.0 Å². The molecule has 6 nitrogen and oxygen atoms in total. The summed E-state index contributed by atoms with van der Waals surface area (Å²) >= 11 is 0. The fraction of sp³-hybridized carbons (Fsp3) is 0.400. The van der Waals surface area contributed by atoms with E-state index in [1.807, 2.05) is 13.0 Å². The summed E-state index contributed by atoms with van der Waals surface area (Å²) < 4.78 is 0. The number of hydrogen-bond acceptors (Lipinski definition) is 4. The Hall–Kier alpha value is -2.37. The van der Waals surface area contributed by atoms with Gasteiger partial charge < -0.3 is 5.11 Å². The van der Waals surface area contributed by atoms with E-state index in [1.165, 1.54) is 12.1 Å². The summed E-state index contributed by atoms with van der Waals surface area (Å²) in [4.78, 5) is 24.5. The fourth-order valence-electron chi connectivity index (χ4n) is 3.04. The van der Waals surface area contributed by atoms with Gasteiger partial charge in [-0.2, -0.15) is 5.10 Å². The Labute approximate surface area is 122 Å². The monoisotopic (exact) mass is 287 g/mol. The Morgan fingerprint density at radius 2 is 2.05 bits per heavy atom. The van der Waals surface area contributed by atoms with Crippen LogP contribution in [-0.4, -0.2) is 46.3 Å². The summed E-state index contributed by atoms with van der Waals surface area (Å²) in [7, 11) is 1.44. The van der Waals surface area contributed by atoms with Crippen LogP contribution in [0.5, 0.6) is 5.75 Å². The average Bonchev–Trinajstić information content (AvgIpc) is 2.88. The fourth-order valence-corrected chi connectivity index (χ4v) is 3.04. The first-order valence-electron chi connectivity index (χ1n) is 6.88. The molecule has 110 valence electrons. The largest absolute Gasteiger partial charge is 0.507 e. The van der Waals surface area contributed by atoms with Crippen molar-refractivity contribution in [3.05, 3.63) is 28.8 Å². The number of carbonyl (C=O) groups is 2. The highest BCUT2D eigenvalue weighted by atomic mass is 16.3. The van der Waals surface area contributed by atoms with Gasteiger partial charge in [0.2, 0.25) is 0 Å². The van der Waals surface area contributed by atoms with Crippen LogP contribution in [0.15, 0.2) is 17.2 Å². The second kappa shape index (κ2) is 4.58. The van der Waals surface area contributed by atoms with Crippen molar-refractivity contribution in [2.75, 3.05) is 13.6 Å². The molecule has 0 radical (unpaired) electrons. The third-order valence-corrected chi connectivity index (χ3v) is 4.13. The zero-order valence-corrected chi connectivity index (χ0v) is 12.3. The number of fused-ring (bicyclic) bond motifs is 1. The molecule has 0 bridgehead atoms. The van der Waals surface area contributed by atoms with E-state index in [0.29, 0.717) is 17.7 Å². The predicted octanol–water partition coefficient (Wildman–Crippen LogP) is 1.81. The lowest BCUT2D eigenvalue weighted by Crippen LogP contribution is -2.27. The van der Waals surface area contributed by atoms with Crippen molar-refractivity contribution in [2.45, 2.75) is 26.2 Å². The Bertz CT molecular complexity index is 681. The Morgan fingerprint density at radius 3 is 2.67 bits per heavy atom. The van der Waals surface area contributed by atoms with Crippen LogP contribution in [0.25, 0.3) is 0 Å². The van der Waals surface area contributed by atoms with E-state index >= 15 is 0 Å². The van der Waals surface area contributed by atoms with E-state index < -0.39 is 6.03 Å². The first-order valence-corrected chi connectivity index (χ1v) is 6.88. The summed E-state index contributed by atoms with van der Waals surface area (Å²) in [5.41, 5.74) is 3.54. The number of hydrogen-bond donors (Lipinski definition) is 1. The molecule has 1 fully saturated rings. The number of aromatic hydroxyl groups is 1. The number of nitrogens with zero attached hydrogens (tertiary/aromatic N) is 3. The molecule has 1 unspecified atom stereocenters. The van der Waals surface area contributed by atoms with E-state index in [2.05, 4.69) is 12.0 Å². The van der Waals surface area contributed by atoms with Gasteiger partial charge in [0.15, 0.2) is 0 Å². The molecule has 1 aliphatic heterocycles. The first-order chi connectivity index (χ1) is 9.90. The molecule has 2 aliphatic rings. The van der Waals surface area contributed by atoms with Gasteiger partial charge in [-0.1, -0.05) is 13.0 Å². The van der Waals surface area contributed by atoms with Crippen molar-refractivity contribution in [1.29, 1.82) is 0 Å². The van der Waals surface area contributed by atoms with Gasteiger partial charge in [0.25, 0.3) is 5.91 Å². The van der Waals surface area contributed by atoms with E-state index in [4.69, 9.17) is 0 Å². The molecule has 1 aromatic carbocycles. The van der Waals surface area contributed by atoms with Gasteiger partial charge in [0, 0.05) is 12.6 Å². The maximum atomic E-state index is 11.9. The summed E-state index contributed by atoms with van der Waals surface area (Å²) in [5, 5.41) is 15.6. The van der Waals surface area contributed by atoms with Crippen molar-refractivity contribution in [2.24, 2.45) is 5.10 Å². The van der Waals surface area contributed by atoms with Gasteiger partial charge >= 0.3 is 6.03 Å². The predicted molar refractivity (Wildman–Crippen MR) is 77.3 cm³/mol. The number of aryl methyl sites for hydroxylation is 1. The van der Waals surface area contributed by atoms with Crippen molar-refractivity contribution in [3.8, 4) is 5.75 Å². The smallest absolute Gasteiger partial charge is 0.347 e. The van der Waals surface area contributed by atoms with E-state index in [9.17, 15) is 14.7 Å². The maximum Gasteiger partial charge on any atom is 0.347 e. The molecular formula is C15H17N3O3. The summed E-state index contributed by atoms with van der Waals surface area (Å²) in [6, 6.07) is 3.09. The first kappa shape index (κ1) is 13.6. The van der Waals surface area contributed by atoms with Crippen LogP contribution in [0.4, 0.5) is 4.79 Å². The molecule has 0 spiro atoms. The van der Waals surface area contributed by atoms with Gasteiger partial charge in [-0.15, -0.1) is 0 Å². The summed E-state index contributed by atoms with van der Waals surface area (Å²) in [6.07, 6.45) is 0.648. The maximum absolute atomic E-state index is 11.9. The van der Waals surface area contributed by atoms with E-state index in [0.717, 1.165) is 16.0 Å². The molecule has 1 heterocycles. The van der Waals surface area contributed by atoms with Crippen LogP contribution in [-0.2, 0) is 4.79 Å². The minimum Gasteiger partial charge on any atom is -0.507 e. The van der Waals surface area contributed by atoms with E-state index in [-0.39, 0.29) is 24.1 Å². The number of phenols is 1. The Balaban J connectivity index is 2.04. The number of carbonyl (C=O) groups excluding carboxylic acids is 2. The minimum atomic E-state index is -0.430. The minimum absolute atomic E-state index is 0.0465. The molecule has 1 aliphatic carbocycles. The molecule has 3 rings (SSSR count). The topological polar surface area (TPSA) is 73.2 Å². The van der Waals surface area contributed by atoms with Crippen LogP contribution in [0.2, 0.25) is 0 Å². The van der Waals surface area contributed by atoms with Crippen LogP contribution >= 0.6 is 0 Å². The second-order valence-electron chi connectivity index (χ2n) is 5.64. The number of benzene rings is 1. The molecular weight excluding hydrogens is 270 g/mol. The number of imide groups is 1. The molecule has 6 heteroatoms. The Morgan fingerprint density at radius 1 is 1.33 bits per heavy atom. The molecule has 1 atom stereocenters. The third kappa shape index (κ3) is 1.98. The van der Waals surface area contributed by atoms with Gasteiger partial charge in [-0.3, -0.25) is 9.69 Å². The molecule has 1 aromatic rings. The zero-order valence-electron chi connectivity index (χ0n) is 12.3. The van der Waals surface area contributed by atoms with Gasteiger partial charge in [-0.05, 0) is 36.5 Å². The SMILES string of the molecule is Cc1ccc(O)c2c1C(C)C/C2=N\N1CC(=O)N(C)C1=O. The van der Waals surface area contributed by atoms with Gasteiger partial charge in [-0.25, -0.2) is 9.80 Å². The lowest BCUT2D eigenvalue weighted by Gasteiger charge is -2.11. The standard InChI is InChI=1S/C15H17N3O3/c1-8-4-5-11(19)14-10(6-9(2)13(8)14)16-18-7-12(20)17(3)15(18)21/h4-5,9,19H,6-7H2,1-3H3/b16-10+. The quantitative estimate of drug-likeness (QED) is 0.800. The highest BCUT2D eigenvalue weighted by Crippen LogP contribution is 2.40. The highest BCUT2D eigenvalue weighted by molar-refractivity contribution is 6.09. The van der Waals surface area contributed by atoms with E-state index in [1.54, 1.807) is 6.07 Å². The number of urea groups is 1. The highest BCUT2D eigenvalue weighted by Gasteiger charge is 2.35. The average molecular weight is 287 g/mol. The number of phenolic OH excluding ortho intramolecular Hbond substituents is 1. The normalized spacial score (nSPS) is 23.4. The second-order valence-corrected chi connectivity index (χ2v) is 5.64. The molecule has 0 saturated carbocycles. The van der Waals surface area contributed by atoms with Crippen LogP contribution in [0.3, 0.4) is 0 Å². The van der Waals surface area contributed by atoms with Crippen LogP contribution < -0.4 is 0 Å². The molecule has 3 amide bonds. The molecule has 1 saturated heterocycles. The van der Waals surface area contributed by atoms with Crippen molar-refractivity contribution in [1.82, 2.24) is 9.91 Å². The number of hydrazone groups is 1. The zero-order chi connectivity index (χ0) is 15.3. The van der Waals surface area contributed by atoms with Crippen LogP contribution in [0, 0.1) is 6.92 Å².